The van der Waals surface area contributed by atoms with Crippen LogP contribution in [-0.2, 0) is 17.7 Å². The summed E-state index contributed by atoms with van der Waals surface area (Å²) >= 11 is 0. The summed E-state index contributed by atoms with van der Waals surface area (Å²) in [5, 5.41) is 6.52. The van der Waals surface area contributed by atoms with Crippen LogP contribution in [0, 0.1) is 0 Å². The summed E-state index contributed by atoms with van der Waals surface area (Å²) in [5.74, 6) is 1.12. The van der Waals surface area contributed by atoms with E-state index in [0.717, 1.165) is 12.8 Å². The zero-order valence-electron chi connectivity index (χ0n) is 11.7. The van der Waals surface area contributed by atoms with Crippen LogP contribution in [-0.4, -0.2) is 27.6 Å². The molecule has 8 heteroatoms. The first-order chi connectivity index (χ1) is 10.3. The van der Waals surface area contributed by atoms with Crippen molar-refractivity contribution in [2.45, 2.75) is 38.8 Å². The third-order valence-electron chi connectivity index (χ3n) is 3.27. The van der Waals surface area contributed by atoms with Crippen molar-refractivity contribution in [3.8, 4) is 0 Å². The maximum absolute atomic E-state index is 12.0. The molecular formula is C13H16N4O4. The van der Waals surface area contributed by atoms with Crippen molar-refractivity contribution >= 4 is 5.91 Å². The summed E-state index contributed by atoms with van der Waals surface area (Å²) < 4.78 is 15.7. The largest absolute Gasteiger partial charge is 0.448 e. The molecule has 21 heavy (non-hydrogen) atoms. The maximum atomic E-state index is 12.0. The lowest BCUT2D eigenvalue weighted by molar-refractivity contribution is 0.0835. The van der Waals surface area contributed by atoms with Crippen molar-refractivity contribution in [2.75, 3.05) is 6.61 Å². The zero-order valence-corrected chi connectivity index (χ0v) is 11.7. The highest BCUT2D eigenvalue weighted by molar-refractivity contribution is 5.93. The molecule has 1 aliphatic rings. The van der Waals surface area contributed by atoms with Crippen LogP contribution in [0.15, 0.2) is 15.3 Å². The average molecular weight is 292 g/mol. The van der Waals surface area contributed by atoms with E-state index in [0.29, 0.717) is 36.2 Å². The topological polar surface area (TPSA) is 103 Å². The Labute approximate surface area is 120 Å². The predicted molar refractivity (Wildman–Crippen MR) is 69.3 cm³/mol. The SMILES string of the molecule is CCc1ocnc1C(=O)NCc1noc([C@@H]2CCCO2)n1. The normalized spacial score (nSPS) is 18.0. The van der Waals surface area contributed by atoms with E-state index in [2.05, 4.69) is 20.4 Å². The van der Waals surface area contributed by atoms with Crippen molar-refractivity contribution in [1.82, 2.24) is 20.4 Å². The summed E-state index contributed by atoms with van der Waals surface area (Å²) in [7, 11) is 0. The molecule has 1 fully saturated rings. The lowest BCUT2D eigenvalue weighted by Crippen LogP contribution is -2.24. The number of aryl methyl sites for hydroxylation is 1. The van der Waals surface area contributed by atoms with Gasteiger partial charge in [0.1, 0.15) is 11.9 Å². The molecule has 1 aliphatic heterocycles. The highest BCUT2D eigenvalue weighted by atomic mass is 16.5. The van der Waals surface area contributed by atoms with Crippen LogP contribution >= 0.6 is 0 Å². The molecule has 0 aliphatic carbocycles. The minimum Gasteiger partial charge on any atom is -0.448 e. The number of hydrogen-bond acceptors (Lipinski definition) is 7. The van der Waals surface area contributed by atoms with Gasteiger partial charge in [0.15, 0.2) is 17.9 Å². The van der Waals surface area contributed by atoms with Crippen LogP contribution in [0.2, 0.25) is 0 Å². The summed E-state index contributed by atoms with van der Waals surface area (Å²) in [6.45, 7) is 2.78. The number of oxazole rings is 1. The highest BCUT2D eigenvalue weighted by Gasteiger charge is 2.24. The number of nitrogens with one attached hydrogen (secondary N) is 1. The van der Waals surface area contributed by atoms with E-state index in [9.17, 15) is 4.79 Å². The summed E-state index contributed by atoms with van der Waals surface area (Å²) in [5.41, 5.74) is 0.292. The molecule has 0 spiro atoms. The lowest BCUT2D eigenvalue weighted by Gasteiger charge is -2.01. The van der Waals surface area contributed by atoms with E-state index in [-0.39, 0.29) is 18.6 Å². The van der Waals surface area contributed by atoms with Gasteiger partial charge in [0.05, 0.1) is 6.54 Å². The first-order valence-corrected chi connectivity index (χ1v) is 6.92. The number of carbonyl (C=O) groups is 1. The van der Waals surface area contributed by atoms with Gasteiger partial charge in [-0.2, -0.15) is 4.98 Å². The number of amides is 1. The van der Waals surface area contributed by atoms with Crippen molar-refractivity contribution in [3.63, 3.8) is 0 Å². The van der Waals surface area contributed by atoms with Gasteiger partial charge >= 0.3 is 0 Å². The predicted octanol–water partition coefficient (Wildman–Crippen LogP) is 1.40. The molecule has 2 aromatic rings. The molecule has 1 atom stereocenters. The van der Waals surface area contributed by atoms with Gasteiger partial charge in [0.25, 0.3) is 11.8 Å². The van der Waals surface area contributed by atoms with Crippen molar-refractivity contribution < 1.29 is 18.5 Å². The fraction of sp³-hybridized carbons (Fsp3) is 0.538. The Kier molecular flexibility index (Phi) is 3.96. The molecule has 3 heterocycles. The van der Waals surface area contributed by atoms with Gasteiger partial charge in [-0.25, -0.2) is 4.98 Å². The Bertz CT molecular complexity index is 615. The first kappa shape index (κ1) is 13.7. The van der Waals surface area contributed by atoms with Crippen LogP contribution in [0.1, 0.15) is 53.8 Å². The Hall–Kier alpha value is -2.22. The number of nitrogens with zero attached hydrogens (tertiary/aromatic N) is 3. The maximum Gasteiger partial charge on any atom is 0.273 e. The second kappa shape index (κ2) is 6.04. The van der Waals surface area contributed by atoms with Crippen LogP contribution in [0.25, 0.3) is 0 Å². The minimum atomic E-state index is -0.316. The molecule has 1 amide bonds. The first-order valence-electron chi connectivity index (χ1n) is 6.92. The molecule has 1 N–H and O–H groups in total. The molecule has 2 aromatic heterocycles. The van der Waals surface area contributed by atoms with Crippen LogP contribution in [0.5, 0.6) is 0 Å². The minimum absolute atomic E-state index is 0.121. The molecule has 0 radical (unpaired) electrons. The Morgan fingerprint density at radius 2 is 2.43 bits per heavy atom. The second-order valence-corrected chi connectivity index (χ2v) is 4.71. The molecule has 0 unspecified atom stereocenters. The summed E-state index contributed by atoms with van der Waals surface area (Å²) in [6.07, 6.45) is 3.62. The van der Waals surface area contributed by atoms with Crippen LogP contribution in [0.4, 0.5) is 0 Å². The number of aromatic nitrogens is 3. The van der Waals surface area contributed by atoms with Crippen LogP contribution in [0.3, 0.4) is 0 Å². The Balaban J connectivity index is 1.58. The molecule has 0 bridgehead atoms. The summed E-state index contributed by atoms with van der Waals surface area (Å²) in [4.78, 5) is 20.1. The van der Waals surface area contributed by atoms with Crippen LogP contribution < -0.4 is 5.32 Å². The van der Waals surface area contributed by atoms with Gasteiger partial charge in [-0.3, -0.25) is 4.79 Å². The molecule has 1 saturated heterocycles. The van der Waals surface area contributed by atoms with Gasteiger partial charge in [-0.05, 0) is 12.8 Å². The fourth-order valence-electron chi connectivity index (χ4n) is 2.19. The smallest absolute Gasteiger partial charge is 0.273 e. The van der Waals surface area contributed by atoms with E-state index in [1.54, 1.807) is 0 Å². The zero-order chi connectivity index (χ0) is 14.7. The Morgan fingerprint density at radius 1 is 1.52 bits per heavy atom. The van der Waals surface area contributed by atoms with Gasteiger partial charge in [0.2, 0.25) is 0 Å². The van der Waals surface area contributed by atoms with E-state index in [1.807, 2.05) is 6.92 Å². The van der Waals surface area contributed by atoms with Gasteiger partial charge in [-0.15, -0.1) is 0 Å². The lowest BCUT2D eigenvalue weighted by atomic mass is 10.2. The van der Waals surface area contributed by atoms with Gasteiger partial charge in [-0.1, -0.05) is 12.1 Å². The molecule has 8 nitrogen and oxygen atoms in total. The van der Waals surface area contributed by atoms with Gasteiger partial charge in [0, 0.05) is 13.0 Å². The number of carbonyl (C=O) groups excluding carboxylic acids is 1. The molecule has 0 aromatic carbocycles. The molecule has 0 saturated carbocycles. The standard InChI is InChI=1S/C13H16N4O4/c1-2-8-11(15-7-20-8)12(18)14-6-10-16-13(21-17-10)9-4-3-5-19-9/h7,9H,2-6H2,1H3,(H,14,18)/t9-/m0/s1. The molecule has 3 rings (SSSR count). The molecular weight excluding hydrogens is 276 g/mol. The van der Waals surface area contributed by atoms with E-state index in [4.69, 9.17) is 13.7 Å². The summed E-state index contributed by atoms with van der Waals surface area (Å²) in [6, 6.07) is 0. The number of hydrogen-bond donors (Lipinski definition) is 1. The monoisotopic (exact) mass is 292 g/mol. The van der Waals surface area contributed by atoms with Crippen molar-refractivity contribution in [2.24, 2.45) is 0 Å². The van der Waals surface area contributed by atoms with E-state index in [1.165, 1.54) is 6.39 Å². The second-order valence-electron chi connectivity index (χ2n) is 4.71. The van der Waals surface area contributed by atoms with E-state index < -0.39 is 0 Å². The van der Waals surface area contributed by atoms with E-state index >= 15 is 0 Å². The average Bonchev–Trinajstić information content (AvgIpc) is 3.24. The van der Waals surface area contributed by atoms with Crippen molar-refractivity contribution in [1.29, 1.82) is 0 Å². The van der Waals surface area contributed by atoms with Gasteiger partial charge < -0.3 is 19.0 Å². The quantitative estimate of drug-likeness (QED) is 0.888. The third-order valence-corrected chi connectivity index (χ3v) is 3.27. The third kappa shape index (κ3) is 2.94. The number of ether oxygens (including phenoxy) is 1. The Morgan fingerprint density at radius 3 is 3.19 bits per heavy atom. The molecule has 112 valence electrons. The van der Waals surface area contributed by atoms with Crippen molar-refractivity contribution in [3.05, 3.63) is 29.6 Å². The fourth-order valence-corrected chi connectivity index (χ4v) is 2.19. The number of rotatable bonds is 5. The highest BCUT2D eigenvalue weighted by Crippen LogP contribution is 2.26.